The van der Waals surface area contributed by atoms with Gasteiger partial charge < -0.3 is 16.0 Å². The van der Waals surface area contributed by atoms with Crippen molar-refractivity contribution in [2.24, 2.45) is 4.99 Å². The summed E-state index contributed by atoms with van der Waals surface area (Å²) in [7, 11) is 1.77. The van der Waals surface area contributed by atoms with Gasteiger partial charge >= 0.3 is 0 Å². The second kappa shape index (κ2) is 14.8. The van der Waals surface area contributed by atoms with Crippen LogP contribution in [-0.4, -0.2) is 37.5 Å². The summed E-state index contributed by atoms with van der Waals surface area (Å²) >= 11 is 0. The van der Waals surface area contributed by atoms with E-state index in [1.807, 2.05) is 0 Å². The van der Waals surface area contributed by atoms with E-state index in [2.05, 4.69) is 34.8 Å². The van der Waals surface area contributed by atoms with Gasteiger partial charge in [0.05, 0.1) is 0 Å². The third kappa shape index (κ3) is 11.1. The third-order valence-electron chi connectivity index (χ3n) is 4.46. The number of nitrogens with zero attached hydrogens (tertiary/aromatic N) is 1. The molecule has 1 amide bonds. The molecule has 142 valence electrons. The highest BCUT2D eigenvalue weighted by molar-refractivity contribution is 14.0. The monoisotopic (exact) mass is 452 g/mol. The first kappa shape index (κ1) is 23.5. The van der Waals surface area contributed by atoms with Crippen molar-refractivity contribution in [1.82, 2.24) is 16.0 Å². The van der Waals surface area contributed by atoms with Gasteiger partial charge in [0.2, 0.25) is 5.91 Å². The second-order valence-corrected chi connectivity index (χ2v) is 6.69. The lowest BCUT2D eigenvalue weighted by molar-refractivity contribution is -0.121. The molecular formula is C18H37IN4O. The van der Waals surface area contributed by atoms with E-state index in [4.69, 9.17) is 0 Å². The molecule has 6 heteroatoms. The molecule has 1 saturated carbocycles. The lowest BCUT2D eigenvalue weighted by Crippen LogP contribution is -2.44. The Bertz CT molecular complexity index is 357. The van der Waals surface area contributed by atoms with Crippen LogP contribution in [0.15, 0.2) is 4.99 Å². The number of halogens is 1. The fourth-order valence-electron chi connectivity index (χ4n) is 3.04. The summed E-state index contributed by atoms with van der Waals surface area (Å²) in [6, 6.07) is 0.802. The van der Waals surface area contributed by atoms with Gasteiger partial charge in [0, 0.05) is 32.1 Å². The first-order valence-corrected chi connectivity index (χ1v) is 9.42. The standard InChI is InChI=1S/C18H36N4O.HI/c1-4-5-7-10-15(2)21-18(19-3)20-14-13-17(23)22-16-11-8-6-9-12-16;/h15-16H,4-14H2,1-3H3,(H,22,23)(H2,19,20,21);1H. The Morgan fingerprint density at radius 2 is 1.92 bits per heavy atom. The number of amides is 1. The number of unbranched alkanes of at least 4 members (excludes halogenated alkanes) is 2. The quantitative estimate of drug-likeness (QED) is 0.217. The van der Waals surface area contributed by atoms with Crippen molar-refractivity contribution in [3.05, 3.63) is 0 Å². The van der Waals surface area contributed by atoms with E-state index in [-0.39, 0.29) is 29.9 Å². The number of carbonyl (C=O) groups is 1. The fourth-order valence-corrected chi connectivity index (χ4v) is 3.04. The Hall–Kier alpha value is -0.530. The lowest BCUT2D eigenvalue weighted by Gasteiger charge is -2.23. The van der Waals surface area contributed by atoms with Gasteiger partial charge in [0.1, 0.15) is 0 Å². The minimum atomic E-state index is 0. The molecule has 1 rings (SSSR count). The Morgan fingerprint density at radius 1 is 1.21 bits per heavy atom. The summed E-state index contributed by atoms with van der Waals surface area (Å²) in [5.74, 6) is 0.940. The van der Waals surface area contributed by atoms with Crippen molar-refractivity contribution in [2.75, 3.05) is 13.6 Å². The number of rotatable bonds is 9. The predicted octanol–water partition coefficient (Wildman–Crippen LogP) is 3.58. The topological polar surface area (TPSA) is 65.5 Å². The van der Waals surface area contributed by atoms with Crippen molar-refractivity contribution in [1.29, 1.82) is 0 Å². The largest absolute Gasteiger partial charge is 0.356 e. The van der Waals surface area contributed by atoms with Gasteiger partial charge in [0.15, 0.2) is 5.96 Å². The Labute approximate surface area is 165 Å². The fraction of sp³-hybridized carbons (Fsp3) is 0.889. The van der Waals surface area contributed by atoms with E-state index >= 15 is 0 Å². The molecule has 3 N–H and O–H groups in total. The number of aliphatic imine (C=N–C) groups is 1. The molecule has 24 heavy (non-hydrogen) atoms. The van der Waals surface area contributed by atoms with Gasteiger partial charge in [-0.1, -0.05) is 45.4 Å². The number of carbonyl (C=O) groups excluding carboxylic acids is 1. The summed E-state index contributed by atoms with van der Waals surface area (Å²) in [5.41, 5.74) is 0. The highest BCUT2D eigenvalue weighted by Crippen LogP contribution is 2.17. The maximum atomic E-state index is 12.0. The third-order valence-corrected chi connectivity index (χ3v) is 4.46. The van der Waals surface area contributed by atoms with E-state index < -0.39 is 0 Å². The average Bonchev–Trinajstić information content (AvgIpc) is 2.55. The maximum Gasteiger partial charge on any atom is 0.221 e. The molecular weight excluding hydrogens is 415 g/mol. The second-order valence-electron chi connectivity index (χ2n) is 6.69. The molecule has 1 fully saturated rings. The molecule has 1 unspecified atom stereocenters. The van der Waals surface area contributed by atoms with Crippen molar-refractivity contribution >= 4 is 35.8 Å². The number of nitrogens with one attached hydrogen (secondary N) is 3. The summed E-state index contributed by atoms with van der Waals surface area (Å²) in [6.07, 6.45) is 11.5. The van der Waals surface area contributed by atoms with E-state index in [9.17, 15) is 4.79 Å². The number of hydrogen-bond donors (Lipinski definition) is 3. The molecule has 0 bridgehead atoms. The molecule has 0 radical (unpaired) electrons. The summed E-state index contributed by atoms with van der Waals surface area (Å²) in [4.78, 5) is 16.2. The van der Waals surface area contributed by atoms with Crippen LogP contribution in [0, 0.1) is 0 Å². The summed E-state index contributed by atoms with van der Waals surface area (Å²) < 4.78 is 0. The van der Waals surface area contributed by atoms with Crippen molar-refractivity contribution < 1.29 is 4.79 Å². The first-order valence-electron chi connectivity index (χ1n) is 9.42. The zero-order chi connectivity index (χ0) is 16.9. The molecule has 0 spiro atoms. The Kier molecular flexibility index (Phi) is 14.5. The normalized spacial score (nSPS) is 16.9. The first-order chi connectivity index (χ1) is 11.2. The Balaban J connectivity index is 0.00000529. The zero-order valence-corrected chi connectivity index (χ0v) is 18.0. The minimum Gasteiger partial charge on any atom is -0.356 e. The van der Waals surface area contributed by atoms with Crippen LogP contribution in [0.25, 0.3) is 0 Å². The highest BCUT2D eigenvalue weighted by atomic mass is 127. The van der Waals surface area contributed by atoms with Crippen LogP contribution in [-0.2, 0) is 4.79 Å². The van der Waals surface area contributed by atoms with E-state index in [0.717, 1.165) is 25.2 Å². The Morgan fingerprint density at radius 3 is 2.54 bits per heavy atom. The smallest absolute Gasteiger partial charge is 0.221 e. The molecule has 0 aromatic carbocycles. The molecule has 5 nitrogen and oxygen atoms in total. The van der Waals surface area contributed by atoms with Crippen LogP contribution in [0.3, 0.4) is 0 Å². The molecule has 0 saturated heterocycles. The van der Waals surface area contributed by atoms with Crippen LogP contribution in [0.4, 0.5) is 0 Å². The van der Waals surface area contributed by atoms with E-state index in [1.54, 1.807) is 7.05 Å². The van der Waals surface area contributed by atoms with Crippen LogP contribution in [0.5, 0.6) is 0 Å². The zero-order valence-electron chi connectivity index (χ0n) is 15.7. The van der Waals surface area contributed by atoms with Crippen LogP contribution >= 0.6 is 24.0 Å². The van der Waals surface area contributed by atoms with Gasteiger partial charge in [-0.3, -0.25) is 9.79 Å². The van der Waals surface area contributed by atoms with Gasteiger partial charge in [-0.15, -0.1) is 24.0 Å². The van der Waals surface area contributed by atoms with E-state index in [0.29, 0.717) is 25.0 Å². The van der Waals surface area contributed by atoms with E-state index in [1.165, 1.54) is 38.5 Å². The van der Waals surface area contributed by atoms with Gasteiger partial charge in [-0.05, 0) is 26.2 Å². The molecule has 0 aromatic heterocycles. The van der Waals surface area contributed by atoms with Crippen molar-refractivity contribution in [3.63, 3.8) is 0 Å². The maximum absolute atomic E-state index is 12.0. The summed E-state index contributed by atoms with van der Waals surface area (Å²) in [5, 5.41) is 9.77. The number of hydrogen-bond acceptors (Lipinski definition) is 2. The molecule has 0 aliphatic heterocycles. The molecule has 0 heterocycles. The minimum absolute atomic E-state index is 0. The predicted molar refractivity (Wildman–Crippen MR) is 113 cm³/mol. The molecule has 1 aliphatic rings. The number of guanidine groups is 1. The molecule has 0 aromatic rings. The summed E-state index contributed by atoms with van der Waals surface area (Å²) in [6.45, 7) is 5.02. The van der Waals surface area contributed by atoms with Crippen molar-refractivity contribution in [2.45, 2.75) is 90.1 Å². The average molecular weight is 452 g/mol. The van der Waals surface area contributed by atoms with Crippen LogP contribution in [0.2, 0.25) is 0 Å². The SMILES string of the molecule is CCCCCC(C)NC(=NC)NCCC(=O)NC1CCCCC1.I. The van der Waals surface area contributed by atoms with Crippen LogP contribution in [0.1, 0.15) is 78.1 Å². The molecule has 1 atom stereocenters. The van der Waals surface area contributed by atoms with Gasteiger partial charge in [0.25, 0.3) is 0 Å². The van der Waals surface area contributed by atoms with Gasteiger partial charge in [-0.2, -0.15) is 0 Å². The lowest BCUT2D eigenvalue weighted by atomic mass is 9.95. The van der Waals surface area contributed by atoms with Crippen LogP contribution < -0.4 is 16.0 Å². The molecule has 1 aliphatic carbocycles. The van der Waals surface area contributed by atoms with Gasteiger partial charge in [-0.25, -0.2) is 0 Å². The highest BCUT2D eigenvalue weighted by Gasteiger charge is 2.15. The van der Waals surface area contributed by atoms with Crippen molar-refractivity contribution in [3.8, 4) is 0 Å².